The van der Waals surface area contributed by atoms with Gasteiger partial charge in [0.15, 0.2) is 23.3 Å². The second-order valence-electron chi connectivity index (χ2n) is 36.0. The van der Waals surface area contributed by atoms with Crippen LogP contribution in [0, 0.1) is 0 Å². The SMILES string of the molecule is CC(=O)OOC(C)=O.FC1(c2ccccn2)CCNCC1.O=C1c2cc(CN3CCC(F)(c4ccccn4)CC3)c3ccccc3c2CN1[C@H]1CCCC[C@@H]1O.O=C1c2cc(CN3CCC(F)(c4ccccn4)CC3)c3ccccc3c2CN1[C@H]1CCCC[C@@H]1O.O=Cc1cc2c(c3ccccc13)CN([C@H]1CCCC[C@@H]1O)C2=O.OC1(c2ccccn2)CCNCC1.[B-]OC(C)=O.[Na+]. The van der Waals surface area contributed by atoms with Crippen molar-refractivity contribution in [2.24, 2.45) is 0 Å². The Bertz CT molecular complexity index is 5380. The third-order valence-electron chi connectivity index (χ3n) is 27.4. The maximum atomic E-state index is 15.6. The summed E-state index contributed by atoms with van der Waals surface area (Å²) in [6, 6.07) is 51.9. The maximum absolute atomic E-state index is 15.6. The first-order valence-corrected chi connectivity index (χ1v) is 46.4. The number of carbonyl (C=O) groups is 7. The summed E-state index contributed by atoms with van der Waals surface area (Å²) in [5, 5.41) is 54.5. The fraction of sp³-hybridized carbons (Fsp3) is 0.447. The Morgan fingerprint density at radius 2 is 0.714 bits per heavy atom. The quantitative estimate of drug-likeness (QED) is 0.0286. The molecule has 0 bridgehead atoms. The first kappa shape index (κ1) is 100. The predicted octanol–water partition coefficient (Wildman–Crippen LogP) is 11.8. The Balaban J connectivity index is 0.000000142. The smallest absolute Gasteiger partial charge is 0.793 e. The number of benzene rings is 6. The van der Waals surface area contributed by atoms with Crippen LogP contribution in [0.3, 0.4) is 0 Å². The number of nitrogens with zero attached hydrogens (tertiary/aromatic N) is 9. The van der Waals surface area contributed by atoms with Crippen molar-refractivity contribution in [3.63, 3.8) is 0 Å². The number of aromatic nitrogens is 4. The number of piperidine rings is 4. The number of likely N-dealkylation sites (tertiary alicyclic amines) is 2. The first-order chi connectivity index (χ1) is 63.8. The molecule has 695 valence electrons. The Morgan fingerprint density at radius 1 is 0.421 bits per heavy atom. The van der Waals surface area contributed by atoms with Gasteiger partial charge in [-0.1, -0.05) is 136 Å². The van der Waals surface area contributed by atoms with E-state index in [0.29, 0.717) is 126 Å². The van der Waals surface area contributed by atoms with Crippen molar-refractivity contribution in [3.8, 4) is 0 Å². The molecule has 6 atom stereocenters. The Morgan fingerprint density at radius 3 is 1.03 bits per heavy atom. The van der Waals surface area contributed by atoms with E-state index in [1.165, 1.54) is 6.92 Å². The monoisotopic (exact) mass is 1820 g/mol. The molecule has 3 amide bonds. The molecular formula is C103H119BF3N11NaO14. The van der Waals surface area contributed by atoms with Crippen molar-refractivity contribution in [1.82, 2.24) is 55.1 Å². The second-order valence-corrected chi connectivity index (χ2v) is 36.0. The fourth-order valence-electron chi connectivity index (χ4n) is 20.2. The Kier molecular flexibility index (Phi) is 34.9. The van der Waals surface area contributed by atoms with Gasteiger partial charge < -0.3 is 58.5 Å². The fourth-order valence-corrected chi connectivity index (χ4v) is 20.2. The maximum Gasteiger partial charge on any atom is 1.00 e. The van der Waals surface area contributed by atoms with E-state index in [0.717, 1.165) is 213 Å². The van der Waals surface area contributed by atoms with Crippen LogP contribution in [0.15, 0.2) is 189 Å². The number of fused-ring (bicyclic) bond motifs is 9. The summed E-state index contributed by atoms with van der Waals surface area (Å²) in [6.45, 7) is 12.3. The van der Waals surface area contributed by atoms with E-state index in [-0.39, 0.29) is 65.4 Å². The van der Waals surface area contributed by atoms with Crippen molar-refractivity contribution < 1.29 is 111 Å². The molecule has 0 unspecified atom stereocenters. The second kappa shape index (κ2) is 46.3. The van der Waals surface area contributed by atoms with Crippen molar-refractivity contribution in [2.45, 2.75) is 241 Å². The topological polar surface area (TPSA) is 320 Å². The van der Waals surface area contributed by atoms with Crippen molar-refractivity contribution >= 4 is 82.3 Å². The van der Waals surface area contributed by atoms with E-state index in [4.69, 9.17) is 0 Å². The minimum Gasteiger partial charge on any atom is -0.793 e. The standard InChI is InChI=1S/2C29H32FN3O2.C19H19NO3.C10H13FN2.C10H14N2O.C4H6O4.C2H3BO2.Na/c2*30-29(27-11-5-6-14-31-27)12-15-32(16-13-29)18-20-17-23-24(22-8-2-1-7-21(20)22)19-33(28(23)35)25-9-3-4-10-26(25)34;21-11-12-9-15-16(14-6-2-1-5-13(12)14)10-20(19(15)23)17-7-3-4-8-18(17)22;11-10(4-7-12-8-5-10)9-3-1-2-6-13-9;13-10(4-7-11-8-5-10)9-3-1-2-6-12-9;1-3(5)7-8-4(2)6;1-2(4)5-3;/h2*1-2,5-8,11,14,17,25-26,34H,3-4,9-10,12-13,15-16,18-19H2;1-2,5-6,9,11,17-18,22H,3-4,7-8,10H2;1-3,6,12H,4-5,7-8H2;1-3,6,11,13H,4-5,7-8H2;1-2H3;1H3;/q;;;;;;-1;+1/t2*25-,26-;17-,18-;;;;;/m000...../s1. The molecule has 10 aliphatic rings. The molecule has 133 heavy (non-hydrogen) atoms. The van der Waals surface area contributed by atoms with Crippen LogP contribution in [0.4, 0.5) is 13.2 Å². The van der Waals surface area contributed by atoms with Gasteiger partial charge in [0.25, 0.3) is 17.7 Å². The molecule has 3 saturated carbocycles. The van der Waals surface area contributed by atoms with Crippen LogP contribution in [0.1, 0.15) is 241 Å². The molecule has 30 heteroatoms. The normalized spacial score (nSPS) is 22.0. The number of aliphatic hydroxyl groups is 4. The molecule has 3 aliphatic carbocycles. The largest absolute Gasteiger partial charge is 1.00 e. The molecular weight excluding hydrogens is 1710 g/mol. The summed E-state index contributed by atoms with van der Waals surface area (Å²) in [7, 11) is 4.32. The number of nitrogens with one attached hydrogen (secondary N) is 2. The molecule has 25 nitrogen and oxygen atoms in total. The Hall–Kier alpha value is -10.3. The summed E-state index contributed by atoms with van der Waals surface area (Å²) < 4.78 is 49.0. The molecule has 3 radical (unpaired) electrons. The zero-order valence-corrected chi connectivity index (χ0v) is 78.4. The number of alkyl halides is 3. The third kappa shape index (κ3) is 24.2. The van der Waals surface area contributed by atoms with Crippen LogP contribution in [-0.2, 0) is 84.1 Å². The third-order valence-corrected chi connectivity index (χ3v) is 27.4. The minimum absolute atomic E-state index is 0. The summed E-state index contributed by atoms with van der Waals surface area (Å²) >= 11 is 0. The summed E-state index contributed by atoms with van der Waals surface area (Å²) in [5.41, 5.74) is 5.82. The molecule has 6 aromatic carbocycles. The van der Waals surface area contributed by atoms with Crippen molar-refractivity contribution in [1.29, 1.82) is 0 Å². The van der Waals surface area contributed by atoms with Crippen LogP contribution >= 0.6 is 0 Å². The van der Waals surface area contributed by atoms with Gasteiger partial charge in [0.2, 0.25) is 5.97 Å². The molecule has 7 aliphatic heterocycles. The van der Waals surface area contributed by atoms with Crippen LogP contribution in [0.25, 0.3) is 32.3 Å². The number of rotatable bonds is 12. The average Bonchev–Trinajstić information content (AvgIpc) is 1.61. The van der Waals surface area contributed by atoms with Crippen LogP contribution in [0.5, 0.6) is 0 Å². The van der Waals surface area contributed by atoms with Crippen LogP contribution in [0.2, 0.25) is 0 Å². The number of aldehydes is 1. The van der Waals surface area contributed by atoms with Crippen LogP contribution < -0.4 is 40.2 Å². The molecule has 10 aromatic rings. The number of aliphatic hydroxyl groups excluding tert-OH is 3. The molecule has 4 saturated heterocycles. The van der Waals surface area contributed by atoms with E-state index in [2.05, 4.69) is 99.2 Å². The van der Waals surface area contributed by atoms with Gasteiger partial charge in [-0.2, -0.15) is 0 Å². The number of carbonyl (C=O) groups excluding carboxylic acids is 7. The first-order valence-electron chi connectivity index (χ1n) is 46.4. The van der Waals surface area contributed by atoms with Gasteiger partial charge in [0, 0.05) is 127 Å². The summed E-state index contributed by atoms with van der Waals surface area (Å²) in [5.74, 6) is -1.73. The van der Waals surface area contributed by atoms with Crippen LogP contribution in [-0.4, -0.2) is 204 Å². The van der Waals surface area contributed by atoms with E-state index < -0.39 is 58.8 Å². The van der Waals surface area contributed by atoms with E-state index >= 15 is 8.78 Å². The van der Waals surface area contributed by atoms with Gasteiger partial charge in [-0.25, -0.2) is 32.5 Å². The zero-order valence-electron chi connectivity index (χ0n) is 76.4. The number of amides is 3. The van der Waals surface area contributed by atoms with Crippen molar-refractivity contribution in [3.05, 3.63) is 261 Å². The zero-order chi connectivity index (χ0) is 93.1. The number of pyridine rings is 4. The van der Waals surface area contributed by atoms with Gasteiger partial charge in [-0.15, -0.1) is 0 Å². The molecule has 6 N–H and O–H groups in total. The predicted molar refractivity (Wildman–Crippen MR) is 495 cm³/mol. The molecule has 7 fully saturated rings. The molecule has 11 heterocycles. The van der Waals surface area contributed by atoms with Gasteiger partial charge in [0.05, 0.1) is 59.2 Å². The van der Waals surface area contributed by atoms with Crippen molar-refractivity contribution in [2.75, 3.05) is 52.4 Å². The number of hydrogen-bond acceptors (Lipinski definition) is 22. The van der Waals surface area contributed by atoms with Gasteiger partial charge in [-0.3, -0.25) is 53.7 Å². The summed E-state index contributed by atoms with van der Waals surface area (Å²) in [4.78, 5) is 115. The van der Waals surface area contributed by atoms with E-state index in [1.807, 2.05) is 113 Å². The molecule has 20 rings (SSSR count). The van der Waals surface area contributed by atoms with E-state index in [1.54, 1.807) is 54.0 Å². The van der Waals surface area contributed by atoms with Gasteiger partial charge in [0.1, 0.15) is 5.60 Å². The van der Waals surface area contributed by atoms with E-state index in [9.17, 15) is 58.4 Å². The minimum atomic E-state index is -1.38. The molecule has 4 aromatic heterocycles. The number of hydrogen-bond donors (Lipinski definition) is 6. The summed E-state index contributed by atoms with van der Waals surface area (Å²) in [6.07, 6.45) is 21.5. The molecule has 0 spiro atoms. The van der Waals surface area contributed by atoms with Gasteiger partial charge in [-0.05, 0) is 243 Å². The Labute approximate surface area is 798 Å². The van der Waals surface area contributed by atoms with Gasteiger partial charge >= 0.3 is 41.5 Å². The average molecular weight is 1830 g/mol. The number of halogens is 3.